The second kappa shape index (κ2) is 15.2. The standard InChI is InChI=1S/C22H47N2O4S/c1-7-9-11-13-15-17-19-23(20-18-16-14-12-10-8-2)21(25)22(24(3,4)5)28-29(6,26)27/h22H,7-20H2,1-6H3/q+1. The largest absolute Gasteiger partial charge is 0.335 e. The molecule has 0 N–H and O–H groups in total. The van der Waals surface area contributed by atoms with E-state index in [1.165, 1.54) is 51.4 Å². The van der Waals surface area contributed by atoms with E-state index in [0.29, 0.717) is 13.1 Å². The Kier molecular flexibility index (Phi) is 14.8. The molecule has 0 aliphatic rings. The van der Waals surface area contributed by atoms with Crippen molar-refractivity contribution in [3.63, 3.8) is 0 Å². The zero-order chi connectivity index (χ0) is 22.3. The second-order valence-electron chi connectivity index (χ2n) is 9.13. The first kappa shape index (κ1) is 28.3. The minimum Gasteiger partial charge on any atom is -0.335 e. The predicted octanol–water partition coefficient (Wildman–Crippen LogP) is 4.54. The van der Waals surface area contributed by atoms with Crippen LogP contribution < -0.4 is 0 Å². The SMILES string of the molecule is CCCCCCCCN(CCCCCCCC)C(=O)C(OS(C)(=O)=O)[N+](C)(C)C. The quantitative estimate of drug-likeness (QED) is 0.137. The summed E-state index contributed by atoms with van der Waals surface area (Å²) in [4.78, 5) is 15.1. The first-order valence-corrected chi connectivity index (χ1v) is 13.3. The summed E-state index contributed by atoms with van der Waals surface area (Å²) in [6.07, 6.45) is 13.9. The summed E-state index contributed by atoms with van der Waals surface area (Å²) in [5.74, 6) is -0.218. The molecule has 6 nitrogen and oxygen atoms in total. The number of unbranched alkanes of at least 4 members (excludes halogenated alkanes) is 10. The van der Waals surface area contributed by atoms with Crippen LogP contribution in [-0.2, 0) is 19.1 Å². The fraction of sp³-hybridized carbons (Fsp3) is 0.955. The van der Waals surface area contributed by atoms with Crippen LogP contribution in [-0.4, -0.2) is 70.4 Å². The molecule has 0 aromatic heterocycles. The third-order valence-corrected chi connectivity index (χ3v) is 5.59. The summed E-state index contributed by atoms with van der Waals surface area (Å²) in [5.41, 5.74) is 0. The van der Waals surface area contributed by atoms with Gasteiger partial charge in [-0.3, -0.25) is 9.28 Å². The van der Waals surface area contributed by atoms with E-state index in [-0.39, 0.29) is 10.4 Å². The van der Waals surface area contributed by atoms with Gasteiger partial charge < -0.3 is 4.90 Å². The number of rotatable bonds is 18. The molecule has 0 aromatic rings. The van der Waals surface area contributed by atoms with Crippen molar-refractivity contribution in [1.82, 2.24) is 4.90 Å². The van der Waals surface area contributed by atoms with Gasteiger partial charge in [-0.05, 0) is 12.8 Å². The number of quaternary nitrogens is 1. The van der Waals surface area contributed by atoms with Crippen LogP contribution in [0.4, 0.5) is 0 Å². The smallest absolute Gasteiger partial charge is 0.311 e. The molecule has 0 fully saturated rings. The zero-order valence-corrected chi connectivity index (χ0v) is 20.7. The second-order valence-corrected chi connectivity index (χ2v) is 10.7. The first-order chi connectivity index (χ1) is 13.5. The van der Waals surface area contributed by atoms with E-state index < -0.39 is 16.3 Å². The number of amides is 1. The lowest BCUT2D eigenvalue weighted by Gasteiger charge is -2.35. The van der Waals surface area contributed by atoms with Gasteiger partial charge in [-0.25, -0.2) is 4.18 Å². The van der Waals surface area contributed by atoms with E-state index in [9.17, 15) is 13.2 Å². The molecule has 0 radical (unpaired) electrons. The van der Waals surface area contributed by atoms with Crippen molar-refractivity contribution in [2.75, 3.05) is 40.5 Å². The molecule has 1 unspecified atom stereocenters. The summed E-state index contributed by atoms with van der Waals surface area (Å²) in [5, 5.41) is 0. The fourth-order valence-corrected chi connectivity index (χ4v) is 3.99. The van der Waals surface area contributed by atoms with Crippen molar-refractivity contribution in [2.24, 2.45) is 0 Å². The Morgan fingerprint density at radius 3 is 1.52 bits per heavy atom. The topological polar surface area (TPSA) is 63.7 Å². The summed E-state index contributed by atoms with van der Waals surface area (Å²) >= 11 is 0. The Labute approximate surface area is 180 Å². The molecule has 1 amide bonds. The number of carbonyl (C=O) groups excluding carboxylic acids is 1. The summed E-state index contributed by atoms with van der Waals surface area (Å²) in [6.45, 7) is 5.74. The van der Waals surface area contributed by atoms with E-state index in [0.717, 1.165) is 31.9 Å². The van der Waals surface area contributed by atoms with Gasteiger partial charge in [-0.1, -0.05) is 78.1 Å². The summed E-state index contributed by atoms with van der Waals surface area (Å²) in [6, 6.07) is 0. The third-order valence-electron chi connectivity index (χ3n) is 5.06. The van der Waals surface area contributed by atoms with E-state index >= 15 is 0 Å². The minimum atomic E-state index is -3.72. The number of hydrogen-bond donors (Lipinski definition) is 0. The first-order valence-electron chi connectivity index (χ1n) is 11.5. The molecule has 29 heavy (non-hydrogen) atoms. The highest BCUT2D eigenvalue weighted by atomic mass is 32.2. The van der Waals surface area contributed by atoms with Crippen LogP contribution in [0.3, 0.4) is 0 Å². The molecule has 0 saturated carbocycles. The van der Waals surface area contributed by atoms with Gasteiger partial charge in [0.1, 0.15) is 0 Å². The maximum Gasteiger partial charge on any atom is 0.311 e. The Morgan fingerprint density at radius 1 is 0.793 bits per heavy atom. The Hall–Kier alpha value is -0.660. The van der Waals surface area contributed by atoms with Gasteiger partial charge in [0.15, 0.2) is 0 Å². The minimum absolute atomic E-state index is 0.120. The molecule has 0 aromatic carbocycles. The molecule has 0 saturated heterocycles. The average molecular weight is 436 g/mol. The number of nitrogens with zero attached hydrogens (tertiary/aromatic N) is 2. The van der Waals surface area contributed by atoms with Gasteiger partial charge in [-0.2, -0.15) is 8.42 Å². The molecule has 7 heteroatoms. The van der Waals surface area contributed by atoms with Crippen LogP contribution in [0, 0.1) is 0 Å². The maximum atomic E-state index is 13.2. The molecule has 1 atom stereocenters. The molecule has 0 bridgehead atoms. The van der Waals surface area contributed by atoms with Crippen molar-refractivity contribution in [3.05, 3.63) is 0 Å². The molecular formula is C22H47N2O4S+. The Morgan fingerprint density at radius 2 is 1.17 bits per heavy atom. The highest BCUT2D eigenvalue weighted by Crippen LogP contribution is 2.15. The van der Waals surface area contributed by atoms with E-state index in [2.05, 4.69) is 13.8 Å². The Balaban J connectivity index is 4.92. The molecule has 174 valence electrons. The van der Waals surface area contributed by atoms with E-state index in [1.807, 2.05) is 4.90 Å². The van der Waals surface area contributed by atoms with Crippen LogP contribution >= 0.6 is 0 Å². The molecule has 0 heterocycles. The average Bonchev–Trinajstić information content (AvgIpc) is 2.61. The van der Waals surface area contributed by atoms with E-state index in [1.54, 1.807) is 21.1 Å². The van der Waals surface area contributed by atoms with Crippen molar-refractivity contribution in [1.29, 1.82) is 0 Å². The lowest BCUT2D eigenvalue weighted by Crippen LogP contribution is -2.57. The lowest BCUT2D eigenvalue weighted by molar-refractivity contribution is -0.904. The number of carbonyl (C=O) groups is 1. The van der Waals surface area contributed by atoms with Crippen LogP contribution in [0.15, 0.2) is 0 Å². The maximum absolute atomic E-state index is 13.2. The monoisotopic (exact) mass is 435 g/mol. The normalized spacial score (nSPS) is 13.4. The summed E-state index contributed by atoms with van der Waals surface area (Å²) < 4.78 is 28.8. The zero-order valence-electron chi connectivity index (χ0n) is 19.9. The molecular weight excluding hydrogens is 388 g/mol. The molecule has 0 aliphatic carbocycles. The van der Waals surface area contributed by atoms with Gasteiger partial charge in [0.25, 0.3) is 16.3 Å². The fourth-order valence-electron chi connectivity index (χ4n) is 3.32. The van der Waals surface area contributed by atoms with Crippen molar-refractivity contribution >= 4 is 16.0 Å². The Bertz CT molecular complexity index is 513. The highest BCUT2D eigenvalue weighted by Gasteiger charge is 2.38. The van der Waals surface area contributed by atoms with Crippen molar-refractivity contribution in [2.45, 2.75) is 97.1 Å². The van der Waals surface area contributed by atoms with Crippen LogP contribution in [0.2, 0.25) is 0 Å². The van der Waals surface area contributed by atoms with Crippen LogP contribution in [0.25, 0.3) is 0 Å². The van der Waals surface area contributed by atoms with Gasteiger partial charge in [0, 0.05) is 13.1 Å². The van der Waals surface area contributed by atoms with Gasteiger partial charge >= 0.3 is 5.91 Å². The highest BCUT2D eigenvalue weighted by molar-refractivity contribution is 7.86. The van der Waals surface area contributed by atoms with Gasteiger partial charge in [0.2, 0.25) is 0 Å². The van der Waals surface area contributed by atoms with Crippen molar-refractivity contribution in [3.8, 4) is 0 Å². The lowest BCUT2D eigenvalue weighted by atomic mass is 10.1. The van der Waals surface area contributed by atoms with E-state index in [4.69, 9.17) is 4.18 Å². The van der Waals surface area contributed by atoms with Crippen molar-refractivity contribution < 1.29 is 21.9 Å². The van der Waals surface area contributed by atoms with Gasteiger partial charge in [-0.15, -0.1) is 0 Å². The number of hydrogen-bond acceptors (Lipinski definition) is 4. The third kappa shape index (κ3) is 14.9. The molecule has 0 rings (SSSR count). The molecule has 0 aliphatic heterocycles. The van der Waals surface area contributed by atoms with Gasteiger partial charge in [0.05, 0.1) is 27.4 Å². The van der Waals surface area contributed by atoms with Crippen LogP contribution in [0.5, 0.6) is 0 Å². The predicted molar refractivity (Wildman–Crippen MR) is 121 cm³/mol. The number of likely N-dealkylation sites (N-methyl/N-ethyl adjacent to an activating group) is 1. The van der Waals surface area contributed by atoms with Crippen LogP contribution in [0.1, 0.15) is 90.9 Å². The summed E-state index contributed by atoms with van der Waals surface area (Å²) in [7, 11) is 1.66. The molecule has 0 spiro atoms.